The number of hydrogen-bond donors (Lipinski definition) is 1. The summed E-state index contributed by atoms with van der Waals surface area (Å²) in [6.45, 7) is 3.97. The minimum atomic E-state index is -4.71. The molecule has 0 radical (unpaired) electrons. The molecule has 3 aliphatic heterocycles. The highest BCUT2D eigenvalue weighted by Gasteiger charge is 2.70. The van der Waals surface area contributed by atoms with Gasteiger partial charge < -0.3 is 0 Å². The molecule has 4 heterocycles. The predicted octanol–water partition coefficient (Wildman–Crippen LogP) is 5.44. The molecule has 4 aromatic rings. The van der Waals surface area contributed by atoms with Crippen LogP contribution < -0.4 is 15.8 Å². The van der Waals surface area contributed by atoms with E-state index in [2.05, 4.69) is 5.32 Å². The summed E-state index contributed by atoms with van der Waals surface area (Å²) in [6, 6.07) is 16.1. The first-order chi connectivity index (χ1) is 19.9. The number of carbonyl (C=O) groups excluding carboxylic acids is 2. The number of hydrogen-bond acceptors (Lipinski definition) is 5. The first-order valence-electron chi connectivity index (χ1n) is 13.6. The van der Waals surface area contributed by atoms with Gasteiger partial charge >= 0.3 is 6.18 Å². The van der Waals surface area contributed by atoms with Crippen LogP contribution in [0.4, 0.5) is 18.9 Å². The van der Waals surface area contributed by atoms with Gasteiger partial charge in [-0.2, -0.15) is 13.2 Å². The van der Waals surface area contributed by atoms with Crippen molar-refractivity contribution in [3.8, 4) is 5.69 Å². The second-order valence-corrected chi connectivity index (χ2v) is 11.9. The van der Waals surface area contributed by atoms with Crippen LogP contribution in [0.2, 0.25) is 5.02 Å². The number of imide groups is 1. The average molecular weight is 593 g/mol. The lowest BCUT2D eigenvalue weighted by molar-refractivity contribution is -0.137. The number of carbonyl (C=O) groups is 2. The first kappa shape index (κ1) is 26.9. The summed E-state index contributed by atoms with van der Waals surface area (Å²) in [6.07, 6.45) is -4.22. The van der Waals surface area contributed by atoms with Gasteiger partial charge in [0.15, 0.2) is 0 Å². The van der Waals surface area contributed by atoms with Crippen molar-refractivity contribution in [2.24, 2.45) is 17.8 Å². The van der Waals surface area contributed by atoms with Crippen molar-refractivity contribution in [2.45, 2.75) is 38.0 Å². The van der Waals surface area contributed by atoms with Crippen molar-refractivity contribution in [2.75, 3.05) is 4.90 Å². The van der Waals surface area contributed by atoms with Gasteiger partial charge in [-0.3, -0.25) is 24.3 Å². The van der Waals surface area contributed by atoms with Crippen LogP contribution in [-0.4, -0.2) is 27.4 Å². The second kappa shape index (κ2) is 8.99. The van der Waals surface area contributed by atoms with Crippen LogP contribution in [0.5, 0.6) is 0 Å². The number of amides is 2. The fourth-order valence-electron chi connectivity index (χ4n) is 7.03. The SMILES string of the molecule is CC(C)C[C@@H]1N[C@@]2(c3ccccc3-n3c2nc2ccccc2c3=O)[C@H]2C(=O)N(c3cc(C(F)(F)F)ccc3Cl)C(=O)[C@@H]12. The van der Waals surface area contributed by atoms with Gasteiger partial charge in [0, 0.05) is 11.6 Å². The largest absolute Gasteiger partial charge is 0.416 e. The van der Waals surface area contributed by atoms with E-state index in [0.29, 0.717) is 28.6 Å². The molecule has 2 amide bonds. The van der Waals surface area contributed by atoms with Gasteiger partial charge in [-0.1, -0.05) is 55.8 Å². The standard InChI is InChI=1S/C31H24ClF3N4O3/c1-15(2)13-21-24-25(28(42)38(27(24)41)23-14-16(31(33,34)35)11-12-19(23)32)30(37-21)18-8-4-6-10-22(18)39-26(40)17-7-3-5-9-20(17)36-29(30)39/h3-12,14-15,21,24-25,37H,13H2,1-2H3/t21-,24-,25+,30-/m0/s1. The van der Waals surface area contributed by atoms with Crippen LogP contribution in [0.3, 0.4) is 0 Å². The molecule has 1 aromatic heterocycles. The van der Waals surface area contributed by atoms with Gasteiger partial charge in [-0.15, -0.1) is 0 Å². The average Bonchev–Trinajstić information content (AvgIpc) is 3.51. The Labute approximate surface area is 242 Å². The molecule has 3 aliphatic rings. The fourth-order valence-corrected chi connectivity index (χ4v) is 7.23. The number of anilines is 1. The van der Waals surface area contributed by atoms with Crippen molar-refractivity contribution in [1.82, 2.24) is 14.9 Å². The Morgan fingerprint density at radius 3 is 2.43 bits per heavy atom. The van der Waals surface area contributed by atoms with E-state index in [4.69, 9.17) is 16.6 Å². The summed E-state index contributed by atoms with van der Waals surface area (Å²) in [7, 11) is 0. The summed E-state index contributed by atoms with van der Waals surface area (Å²) in [5.74, 6) is -2.99. The van der Waals surface area contributed by atoms with E-state index in [9.17, 15) is 27.6 Å². The molecule has 7 nitrogen and oxygen atoms in total. The van der Waals surface area contributed by atoms with Crippen molar-refractivity contribution in [3.63, 3.8) is 0 Å². The molecule has 214 valence electrons. The Hall–Kier alpha value is -4.02. The van der Waals surface area contributed by atoms with Crippen molar-refractivity contribution < 1.29 is 22.8 Å². The Balaban J connectivity index is 1.50. The minimum Gasteiger partial charge on any atom is -0.297 e. The zero-order valence-corrected chi connectivity index (χ0v) is 23.2. The summed E-state index contributed by atoms with van der Waals surface area (Å²) in [5.41, 5.74) is -1.49. The topological polar surface area (TPSA) is 84.3 Å². The number of aromatic nitrogens is 2. The van der Waals surface area contributed by atoms with Crippen LogP contribution in [0.25, 0.3) is 16.6 Å². The summed E-state index contributed by atoms with van der Waals surface area (Å²) >= 11 is 6.35. The molecule has 7 rings (SSSR count). The predicted molar refractivity (Wildman–Crippen MR) is 150 cm³/mol. The summed E-state index contributed by atoms with van der Waals surface area (Å²) < 4.78 is 42.5. The number of nitrogens with one attached hydrogen (secondary N) is 1. The zero-order valence-electron chi connectivity index (χ0n) is 22.4. The molecule has 1 N–H and O–H groups in total. The maximum Gasteiger partial charge on any atom is 0.416 e. The second-order valence-electron chi connectivity index (χ2n) is 11.5. The highest BCUT2D eigenvalue weighted by atomic mass is 35.5. The van der Waals surface area contributed by atoms with Gasteiger partial charge in [-0.25, -0.2) is 9.88 Å². The zero-order chi connectivity index (χ0) is 29.7. The number of nitrogens with zero attached hydrogens (tertiary/aromatic N) is 3. The van der Waals surface area contributed by atoms with Gasteiger partial charge in [0.1, 0.15) is 11.4 Å². The highest BCUT2D eigenvalue weighted by molar-refractivity contribution is 6.36. The molecule has 2 fully saturated rings. The Kier molecular flexibility index (Phi) is 5.75. The van der Waals surface area contributed by atoms with Gasteiger partial charge in [0.25, 0.3) is 5.56 Å². The normalized spacial score (nSPS) is 24.6. The Morgan fingerprint density at radius 1 is 0.976 bits per heavy atom. The van der Waals surface area contributed by atoms with E-state index in [1.165, 1.54) is 4.57 Å². The fraction of sp³-hybridized carbons (Fsp3) is 0.290. The van der Waals surface area contributed by atoms with E-state index in [1.807, 2.05) is 13.8 Å². The molecule has 0 aliphatic carbocycles. The molecule has 11 heteroatoms. The Morgan fingerprint density at radius 2 is 1.69 bits per heavy atom. The molecule has 0 saturated carbocycles. The van der Waals surface area contributed by atoms with E-state index in [1.54, 1.807) is 48.5 Å². The quantitative estimate of drug-likeness (QED) is 0.320. The van der Waals surface area contributed by atoms with E-state index in [0.717, 1.165) is 23.1 Å². The van der Waals surface area contributed by atoms with Crippen LogP contribution in [0, 0.1) is 17.8 Å². The maximum absolute atomic E-state index is 14.5. The van der Waals surface area contributed by atoms with Gasteiger partial charge in [0.05, 0.1) is 44.7 Å². The van der Waals surface area contributed by atoms with Crippen LogP contribution in [0.1, 0.15) is 37.2 Å². The van der Waals surface area contributed by atoms with Crippen molar-refractivity contribution in [3.05, 3.63) is 99.1 Å². The third-order valence-electron chi connectivity index (χ3n) is 8.60. The number of rotatable bonds is 3. The van der Waals surface area contributed by atoms with Crippen LogP contribution >= 0.6 is 11.6 Å². The Bertz CT molecular complexity index is 1890. The number of fused-ring (bicyclic) bond motifs is 8. The molecule has 1 spiro atoms. The van der Waals surface area contributed by atoms with Crippen LogP contribution in [-0.2, 0) is 21.3 Å². The third kappa shape index (κ3) is 3.51. The van der Waals surface area contributed by atoms with Gasteiger partial charge in [-0.05, 0) is 48.7 Å². The molecule has 0 unspecified atom stereocenters. The molecule has 3 aromatic carbocycles. The van der Waals surface area contributed by atoms with Gasteiger partial charge in [0.2, 0.25) is 11.8 Å². The summed E-state index contributed by atoms with van der Waals surface area (Å²) in [4.78, 5) is 48.3. The lowest BCUT2D eigenvalue weighted by Crippen LogP contribution is -2.50. The number of para-hydroxylation sites is 2. The number of halogens is 4. The number of alkyl halides is 3. The molecule has 42 heavy (non-hydrogen) atoms. The van der Waals surface area contributed by atoms with Crippen molar-refractivity contribution in [1.29, 1.82) is 0 Å². The minimum absolute atomic E-state index is 0.107. The lowest BCUT2D eigenvalue weighted by atomic mass is 9.75. The summed E-state index contributed by atoms with van der Waals surface area (Å²) in [5, 5.41) is 3.83. The smallest absolute Gasteiger partial charge is 0.297 e. The third-order valence-corrected chi connectivity index (χ3v) is 8.92. The molecule has 4 atom stereocenters. The molecular weight excluding hydrogens is 569 g/mol. The molecule has 2 saturated heterocycles. The molecular formula is C31H24ClF3N4O3. The number of benzene rings is 3. The van der Waals surface area contributed by atoms with E-state index < -0.39 is 47.0 Å². The molecule has 0 bridgehead atoms. The van der Waals surface area contributed by atoms with E-state index in [-0.39, 0.29) is 28.0 Å². The first-order valence-corrected chi connectivity index (χ1v) is 14.0. The monoisotopic (exact) mass is 592 g/mol. The highest BCUT2D eigenvalue weighted by Crippen LogP contribution is 2.56. The van der Waals surface area contributed by atoms with Crippen molar-refractivity contribution >= 4 is 40.0 Å². The van der Waals surface area contributed by atoms with Crippen LogP contribution in [0.15, 0.2) is 71.5 Å². The maximum atomic E-state index is 14.5. The van der Waals surface area contributed by atoms with E-state index >= 15 is 0 Å². The lowest BCUT2D eigenvalue weighted by Gasteiger charge is -2.32.